The van der Waals surface area contributed by atoms with Crippen LogP contribution >= 0.6 is 0 Å². The van der Waals surface area contributed by atoms with Gasteiger partial charge in [-0.3, -0.25) is 4.79 Å². The van der Waals surface area contributed by atoms with E-state index >= 15 is 0 Å². The third kappa shape index (κ3) is 5.79. The van der Waals surface area contributed by atoms with Crippen LogP contribution in [0, 0.1) is 0 Å². The lowest BCUT2D eigenvalue weighted by Gasteiger charge is -2.34. The molecule has 0 aliphatic carbocycles. The fourth-order valence-electron chi connectivity index (χ4n) is 3.04. The number of amides is 1. The van der Waals surface area contributed by atoms with E-state index in [1.807, 2.05) is 0 Å². The Morgan fingerprint density at radius 1 is 1.14 bits per heavy atom. The average molecular weight is 403 g/mol. The molecule has 28 heavy (non-hydrogen) atoms. The highest BCUT2D eigenvalue weighted by Gasteiger charge is 2.36. The van der Waals surface area contributed by atoms with E-state index in [-0.39, 0.29) is 0 Å². The van der Waals surface area contributed by atoms with E-state index in [0.717, 1.165) is 11.0 Å². The Balaban J connectivity index is 2.25. The summed E-state index contributed by atoms with van der Waals surface area (Å²) in [6.45, 7) is -0.623. The molecule has 6 nitrogen and oxygen atoms in total. The van der Waals surface area contributed by atoms with E-state index < -0.39 is 24.7 Å². The van der Waals surface area contributed by atoms with Crippen LogP contribution in [-0.4, -0.2) is 64.1 Å². The lowest BCUT2D eigenvalue weighted by Crippen LogP contribution is -2.47. The predicted molar refractivity (Wildman–Crippen MR) is 96.7 cm³/mol. The molecule has 2 rings (SSSR count). The Hall–Kier alpha value is -2.42. The van der Waals surface area contributed by atoms with Crippen molar-refractivity contribution in [2.75, 3.05) is 41.1 Å². The number of ether oxygens (including phenoxy) is 4. The number of carbonyl (C=O) groups excluding carboxylic acids is 1. The second kappa shape index (κ2) is 9.68. The van der Waals surface area contributed by atoms with Crippen molar-refractivity contribution >= 4 is 12.0 Å². The summed E-state index contributed by atoms with van der Waals surface area (Å²) in [7, 11) is 4.36. The molecule has 1 aliphatic heterocycles. The third-order valence-corrected chi connectivity index (χ3v) is 4.37. The Morgan fingerprint density at radius 2 is 1.71 bits per heavy atom. The summed E-state index contributed by atoms with van der Waals surface area (Å²) in [6.07, 6.45) is -1.18. The van der Waals surface area contributed by atoms with E-state index in [9.17, 15) is 18.0 Å². The number of hydrogen-bond acceptors (Lipinski definition) is 5. The van der Waals surface area contributed by atoms with Crippen molar-refractivity contribution in [2.45, 2.75) is 25.1 Å². The number of benzene rings is 1. The molecule has 0 atom stereocenters. The van der Waals surface area contributed by atoms with E-state index in [1.165, 1.54) is 27.4 Å². The molecule has 0 saturated carbocycles. The summed E-state index contributed by atoms with van der Waals surface area (Å²) < 4.78 is 59.8. The van der Waals surface area contributed by atoms with E-state index in [1.54, 1.807) is 12.1 Å². The van der Waals surface area contributed by atoms with E-state index in [4.69, 9.17) is 18.9 Å². The minimum absolute atomic E-state index is 0.336. The molecule has 0 unspecified atom stereocenters. The van der Waals surface area contributed by atoms with Gasteiger partial charge in [0.05, 0.1) is 21.3 Å². The van der Waals surface area contributed by atoms with Crippen LogP contribution in [0.2, 0.25) is 0 Å². The Kier molecular flexibility index (Phi) is 7.56. The molecule has 1 aromatic rings. The van der Waals surface area contributed by atoms with Gasteiger partial charge in [0, 0.05) is 25.3 Å². The van der Waals surface area contributed by atoms with Crippen LogP contribution in [-0.2, 0) is 9.53 Å². The molecule has 1 amide bonds. The van der Waals surface area contributed by atoms with Gasteiger partial charge in [-0.05, 0) is 36.6 Å². The topological polar surface area (TPSA) is 57.2 Å². The minimum Gasteiger partial charge on any atom is -0.493 e. The molecule has 0 bridgehead atoms. The van der Waals surface area contributed by atoms with Gasteiger partial charge in [0.1, 0.15) is 6.54 Å². The van der Waals surface area contributed by atoms with Gasteiger partial charge < -0.3 is 23.8 Å². The Labute approximate surface area is 161 Å². The molecule has 9 heteroatoms. The van der Waals surface area contributed by atoms with Crippen molar-refractivity contribution in [3.63, 3.8) is 0 Å². The highest BCUT2D eigenvalue weighted by molar-refractivity contribution is 5.92. The highest BCUT2D eigenvalue weighted by atomic mass is 19.4. The summed E-state index contributed by atoms with van der Waals surface area (Å²) in [4.78, 5) is 13.4. The standard InChI is InChI=1S/C19H24F3NO5/c1-25-15-10-13(11-16(26-2)18(15)27-3)4-5-17(24)23(12-19(20,21)22)14-6-8-28-9-7-14/h4-5,10-11,14H,6-9,12H2,1-3H3/b5-4+. The van der Waals surface area contributed by atoms with Crippen LogP contribution in [0.15, 0.2) is 18.2 Å². The molecular formula is C19H24F3NO5. The molecule has 1 fully saturated rings. The van der Waals surface area contributed by atoms with Gasteiger partial charge in [-0.2, -0.15) is 13.2 Å². The van der Waals surface area contributed by atoms with E-state index in [2.05, 4.69) is 0 Å². The fraction of sp³-hybridized carbons (Fsp3) is 0.526. The summed E-state index contributed by atoms with van der Waals surface area (Å²) in [5.74, 6) is 0.434. The quantitative estimate of drug-likeness (QED) is 0.654. The van der Waals surface area contributed by atoms with Gasteiger partial charge in [0.2, 0.25) is 11.7 Å². The van der Waals surface area contributed by atoms with Crippen LogP contribution in [0.4, 0.5) is 13.2 Å². The van der Waals surface area contributed by atoms with E-state index in [0.29, 0.717) is 48.9 Å². The first kappa shape index (κ1) is 21.9. The van der Waals surface area contributed by atoms with Crippen molar-refractivity contribution in [3.05, 3.63) is 23.8 Å². The van der Waals surface area contributed by atoms with Gasteiger partial charge in [0.15, 0.2) is 11.5 Å². The number of methoxy groups -OCH3 is 3. The van der Waals surface area contributed by atoms with Gasteiger partial charge in [0.25, 0.3) is 0 Å². The molecule has 156 valence electrons. The van der Waals surface area contributed by atoms with Crippen LogP contribution in [0.1, 0.15) is 18.4 Å². The van der Waals surface area contributed by atoms with Crippen molar-refractivity contribution in [3.8, 4) is 17.2 Å². The average Bonchev–Trinajstić information content (AvgIpc) is 2.69. The number of nitrogens with zero attached hydrogens (tertiary/aromatic N) is 1. The Morgan fingerprint density at radius 3 is 2.18 bits per heavy atom. The molecule has 1 heterocycles. The molecule has 0 N–H and O–H groups in total. The normalized spacial score (nSPS) is 15.5. The number of hydrogen-bond donors (Lipinski definition) is 0. The van der Waals surface area contributed by atoms with Gasteiger partial charge in [-0.1, -0.05) is 0 Å². The van der Waals surface area contributed by atoms with Gasteiger partial charge >= 0.3 is 6.18 Å². The second-order valence-electron chi connectivity index (χ2n) is 6.22. The second-order valence-corrected chi connectivity index (χ2v) is 6.22. The van der Waals surface area contributed by atoms with Crippen LogP contribution < -0.4 is 14.2 Å². The lowest BCUT2D eigenvalue weighted by molar-refractivity contribution is -0.165. The first-order valence-electron chi connectivity index (χ1n) is 8.72. The summed E-state index contributed by atoms with van der Waals surface area (Å²) in [5, 5.41) is 0. The monoisotopic (exact) mass is 403 g/mol. The van der Waals surface area contributed by atoms with Crippen LogP contribution in [0.5, 0.6) is 17.2 Å². The number of rotatable bonds is 7. The zero-order chi connectivity index (χ0) is 20.7. The molecule has 1 aromatic carbocycles. The van der Waals surface area contributed by atoms with Crippen LogP contribution in [0.25, 0.3) is 6.08 Å². The number of carbonyl (C=O) groups is 1. The van der Waals surface area contributed by atoms with Gasteiger partial charge in [-0.25, -0.2) is 0 Å². The minimum atomic E-state index is -4.48. The zero-order valence-corrected chi connectivity index (χ0v) is 16.0. The molecular weight excluding hydrogens is 379 g/mol. The maximum absolute atomic E-state index is 13.0. The van der Waals surface area contributed by atoms with Gasteiger partial charge in [-0.15, -0.1) is 0 Å². The fourth-order valence-corrected chi connectivity index (χ4v) is 3.04. The van der Waals surface area contributed by atoms with Crippen LogP contribution in [0.3, 0.4) is 0 Å². The molecule has 1 aliphatic rings. The van der Waals surface area contributed by atoms with Crippen molar-refractivity contribution in [2.24, 2.45) is 0 Å². The summed E-state index contributed by atoms with van der Waals surface area (Å²) in [6, 6.07) is 2.70. The van der Waals surface area contributed by atoms with Crippen molar-refractivity contribution in [1.29, 1.82) is 0 Å². The van der Waals surface area contributed by atoms with Crippen molar-refractivity contribution < 1.29 is 36.9 Å². The zero-order valence-electron chi connectivity index (χ0n) is 16.0. The Bertz CT molecular complexity index is 674. The molecule has 0 radical (unpaired) electrons. The summed E-state index contributed by atoms with van der Waals surface area (Å²) >= 11 is 0. The number of halogens is 3. The molecule has 1 saturated heterocycles. The SMILES string of the molecule is COc1cc(/C=C/C(=O)N(CC(F)(F)F)C2CCOCC2)cc(OC)c1OC. The highest BCUT2D eigenvalue weighted by Crippen LogP contribution is 2.38. The lowest BCUT2D eigenvalue weighted by atomic mass is 10.1. The summed E-state index contributed by atoms with van der Waals surface area (Å²) in [5.41, 5.74) is 0.529. The third-order valence-electron chi connectivity index (χ3n) is 4.37. The molecule has 0 aromatic heterocycles. The molecule has 0 spiro atoms. The number of alkyl halides is 3. The maximum atomic E-state index is 13.0. The largest absolute Gasteiger partial charge is 0.493 e. The predicted octanol–water partition coefficient (Wildman–Crippen LogP) is 3.30. The first-order valence-corrected chi connectivity index (χ1v) is 8.72. The smallest absolute Gasteiger partial charge is 0.406 e. The maximum Gasteiger partial charge on any atom is 0.406 e. The van der Waals surface area contributed by atoms with Crippen molar-refractivity contribution in [1.82, 2.24) is 4.90 Å². The first-order chi connectivity index (χ1) is 13.3.